The van der Waals surface area contributed by atoms with E-state index in [-0.39, 0.29) is 0 Å². The van der Waals surface area contributed by atoms with Crippen molar-refractivity contribution in [2.75, 3.05) is 26.5 Å². The Labute approximate surface area is 126 Å². The first kappa shape index (κ1) is 15.3. The van der Waals surface area contributed by atoms with Gasteiger partial charge in [0.2, 0.25) is 0 Å². The lowest BCUT2D eigenvalue weighted by molar-refractivity contribution is 0.357. The Morgan fingerprint density at radius 2 is 2.10 bits per heavy atom. The fraction of sp³-hybridized carbons (Fsp3) is 0.562. The highest BCUT2D eigenvalue weighted by Crippen LogP contribution is 2.25. The number of alkyl halides is 1. The molecular weight excluding hydrogens is 270 g/mol. The number of hydrogen-bond acceptors (Lipinski definition) is 2. The van der Waals surface area contributed by atoms with Crippen LogP contribution in [0.2, 0.25) is 0 Å². The molecule has 0 saturated carbocycles. The number of imidazole rings is 1. The van der Waals surface area contributed by atoms with E-state index in [1.54, 1.807) is 0 Å². The summed E-state index contributed by atoms with van der Waals surface area (Å²) in [6, 6.07) is 6.83. The minimum atomic E-state index is 0.433. The van der Waals surface area contributed by atoms with Gasteiger partial charge >= 0.3 is 0 Å². The van der Waals surface area contributed by atoms with Gasteiger partial charge in [-0.1, -0.05) is 12.1 Å². The van der Waals surface area contributed by atoms with Crippen LogP contribution in [-0.2, 0) is 6.42 Å². The molecule has 110 valence electrons. The molecule has 2 aromatic rings. The molecule has 4 heteroatoms. The monoisotopic (exact) mass is 293 g/mol. The summed E-state index contributed by atoms with van der Waals surface area (Å²) in [5, 5.41) is 0. The Morgan fingerprint density at radius 1 is 1.35 bits per heavy atom. The fourth-order valence-electron chi connectivity index (χ4n) is 2.63. The average Bonchev–Trinajstić information content (AvgIpc) is 2.76. The van der Waals surface area contributed by atoms with Gasteiger partial charge in [-0.3, -0.25) is 0 Å². The summed E-state index contributed by atoms with van der Waals surface area (Å²) >= 11 is 5.95. The van der Waals surface area contributed by atoms with Crippen LogP contribution in [0.5, 0.6) is 0 Å². The Morgan fingerprint density at radius 3 is 2.75 bits per heavy atom. The Balaban J connectivity index is 2.43. The van der Waals surface area contributed by atoms with Crippen LogP contribution in [0.3, 0.4) is 0 Å². The normalized spacial score (nSPS) is 13.3. The average molecular weight is 294 g/mol. The van der Waals surface area contributed by atoms with Gasteiger partial charge in [0.25, 0.3) is 0 Å². The van der Waals surface area contributed by atoms with Crippen LogP contribution in [-0.4, -0.2) is 41.0 Å². The fourth-order valence-corrected chi connectivity index (χ4v) is 2.80. The molecule has 1 heterocycles. The molecule has 0 amide bonds. The molecule has 20 heavy (non-hydrogen) atoms. The van der Waals surface area contributed by atoms with Gasteiger partial charge in [-0.05, 0) is 52.5 Å². The number of fused-ring (bicyclic) bond motifs is 1. The molecule has 3 nitrogen and oxygen atoms in total. The van der Waals surface area contributed by atoms with Crippen LogP contribution in [0.15, 0.2) is 18.2 Å². The SMILES string of the molecule is Cc1cccc2c1nc(CCCl)n2C(C)CCN(C)C. The van der Waals surface area contributed by atoms with Gasteiger partial charge in [-0.2, -0.15) is 0 Å². The zero-order valence-corrected chi connectivity index (χ0v) is 13.6. The predicted octanol–water partition coefficient (Wildman–Crippen LogP) is 3.64. The van der Waals surface area contributed by atoms with Crippen LogP contribution in [0.4, 0.5) is 0 Å². The minimum Gasteiger partial charge on any atom is -0.325 e. The third-order valence-corrected chi connectivity index (χ3v) is 3.94. The van der Waals surface area contributed by atoms with Crippen LogP contribution in [0, 0.1) is 6.92 Å². The lowest BCUT2D eigenvalue weighted by Crippen LogP contribution is -2.18. The highest BCUT2D eigenvalue weighted by molar-refractivity contribution is 6.17. The molecule has 0 aliphatic carbocycles. The quantitative estimate of drug-likeness (QED) is 0.758. The second kappa shape index (κ2) is 6.59. The van der Waals surface area contributed by atoms with Gasteiger partial charge in [0, 0.05) is 18.3 Å². The van der Waals surface area contributed by atoms with Gasteiger partial charge in [-0.15, -0.1) is 11.6 Å². The summed E-state index contributed by atoms with van der Waals surface area (Å²) < 4.78 is 2.37. The number of hydrogen-bond donors (Lipinski definition) is 0. The first-order chi connectivity index (χ1) is 9.54. The van der Waals surface area contributed by atoms with Crippen molar-refractivity contribution in [2.45, 2.75) is 32.7 Å². The molecule has 0 aliphatic rings. The zero-order valence-electron chi connectivity index (χ0n) is 12.9. The second-order valence-corrected chi connectivity index (χ2v) is 6.10. The predicted molar refractivity (Wildman–Crippen MR) is 86.8 cm³/mol. The summed E-state index contributed by atoms with van der Waals surface area (Å²) in [5.41, 5.74) is 3.58. The van der Waals surface area contributed by atoms with E-state index < -0.39 is 0 Å². The molecule has 0 bridgehead atoms. The van der Waals surface area contributed by atoms with E-state index in [2.05, 4.69) is 55.6 Å². The molecule has 0 aliphatic heterocycles. The van der Waals surface area contributed by atoms with Crippen LogP contribution < -0.4 is 0 Å². The number of rotatable bonds is 6. The number of nitrogens with zero attached hydrogens (tertiary/aromatic N) is 3. The summed E-state index contributed by atoms with van der Waals surface area (Å²) in [5.74, 6) is 1.72. The molecule has 2 rings (SSSR count). The minimum absolute atomic E-state index is 0.433. The smallest absolute Gasteiger partial charge is 0.111 e. The lowest BCUT2D eigenvalue weighted by atomic mass is 10.2. The molecule has 0 spiro atoms. The summed E-state index contributed by atoms with van der Waals surface area (Å²) in [6.45, 7) is 5.46. The third-order valence-electron chi connectivity index (χ3n) is 3.75. The Kier molecular flexibility index (Phi) is 5.06. The summed E-state index contributed by atoms with van der Waals surface area (Å²) in [4.78, 5) is 7.04. The number of halogens is 1. The van der Waals surface area contributed by atoms with Crippen molar-refractivity contribution in [1.82, 2.24) is 14.5 Å². The molecular formula is C16H24ClN3. The molecule has 1 unspecified atom stereocenters. The van der Waals surface area contributed by atoms with Gasteiger partial charge < -0.3 is 9.47 Å². The molecule has 0 N–H and O–H groups in total. The maximum atomic E-state index is 5.95. The van der Waals surface area contributed by atoms with E-state index >= 15 is 0 Å². The molecule has 1 atom stereocenters. The zero-order chi connectivity index (χ0) is 14.7. The molecule has 1 aromatic heterocycles. The third kappa shape index (κ3) is 3.15. The van der Waals surface area contributed by atoms with Crippen LogP contribution in [0.25, 0.3) is 11.0 Å². The van der Waals surface area contributed by atoms with Crippen molar-refractivity contribution in [3.63, 3.8) is 0 Å². The van der Waals surface area contributed by atoms with Crippen molar-refractivity contribution in [3.8, 4) is 0 Å². The first-order valence-corrected chi connectivity index (χ1v) is 7.75. The van der Waals surface area contributed by atoms with Gasteiger partial charge in [0.05, 0.1) is 11.0 Å². The molecule has 0 saturated heterocycles. The Hall–Kier alpha value is -1.06. The Bertz CT molecular complexity index is 574. The van der Waals surface area contributed by atoms with Crippen LogP contribution in [0.1, 0.15) is 30.8 Å². The van der Waals surface area contributed by atoms with E-state index in [1.165, 1.54) is 11.1 Å². The molecule has 0 fully saturated rings. The number of para-hydroxylation sites is 1. The second-order valence-electron chi connectivity index (χ2n) is 5.72. The van der Waals surface area contributed by atoms with E-state index in [0.717, 1.165) is 30.7 Å². The van der Waals surface area contributed by atoms with Crippen LogP contribution >= 0.6 is 11.6 Å². The van der Waals surface area contributed by atoms with Crippen molar-refractivity contribution < 1.29 is 0 Å². The van der Waals surface area contributed by atoms with Gasteiger partial charge in [0.15, 0.2) is 0 Å². The maximum absolute atomic E-state index is 5.95. The van der Waals surface area contributed by atoms with Gasteiger partial charge in [-0.25, -0.2) is 4.98 Å². The maximum Gasteiger partial charge on any atom is 0.111 e. The van der Waals surface area contributed by atoms with E-state index in [4.69, 9.17) is 16.6 Å². The number of aromatic nitrogens is 2. The standard InChI is InChI=1S/C16H24ClN3/c1-12-6-5-7-14-16(12)18-15(8-10-17)20(14)13(2)9-11-19(3)4/h5-7,13H,8-11H2,1-4H3. The van der Waals surface area contributed by atoms with Crippen molar-refractivity contribution >= 4 is 22.6 Å². The van der Waals surface area contributed by atoms with Crippen molar-refractivity contribution in [3.05, 3.63) is 29.6 Å². The number of aryl methyl sites for hydroxylation is 2. The largest absolute Gasteiger partial charge is 0.325 e. The van der Waals surface area contributed by atoms with E-state index in [9.17, 15) is 0 Å². The molecule has 1 aromatic carbocycles. The summed E-state index contributed by atoms with van der Waals surface area (Å²) in [7, 11) is 4.23. The van der Waals surface area contributed by atoms with Gasteiger partial charge in [0.1, 0.15) is 5.82 Å². The first-order valence-electron chi connectivity index (χ1n) is 7.21. The highest BCUT2D eigenvalue weighted by atomic mass is 35.5. The summed E-state index contributed by atoms with van der Waals surface area (Å²) in [6.07, 6.45) is 1.93. The van der Waals surface area contributed by atoms with Crippen molar-refractivity contribution in [2.24, 2.45) is 0 Å². The topological polar surface area (TPSA) is 21.1 Å². The number of benzene rings is 1. The van der Waals surface area contributed by atoms with E-state index in [1.807, 2.05) is 0 Å². The highest BCUT2D eigenvalue weighted by Gasteiger charge is 2.16. The van der Waals surface area contributed by atoms with E-state index in [0.29, 0.717) is 11.9 Å². The lowest BCUT2D eigenvalue weighted by Gasteiger charge is -2.19. The van der Waals surface area contributed by atoms with Crippen molar-refractivity contribution in [1.29, 1.82) is 0 Å². The molecule has 0 radical (unpaired) electrons.